The lowest BCUT2D eigenvalue weighted by atomic mass is 10.1. The number of hydrogen-bond donors (Lipinski definition) is 2. The number of aliphatic hydroxyl groups is 2. The van der Waals surface area contributed by atoms with E-state index < -0.39 is 0 Å². The van der Waals surface area contributed by atoms with Crippen molar-refractivity contribution in [3.05, 3.63) is 47.2 Å². The Balaban J connectivity index is 2.65. The number of benzene rings is 1. The van der Waals surface area contributed by atoms with Crippen molar-refractivity contribution in [2.45, 2.75) is 27.7 Å². The summed E-state index contributed by atoms with van der Waals surface area (Å²) in [7, 11) is 0. The van der Waals surface area contributed by atoms with Crippen LogP contribution in [-0.4, -0.2) is 20.2 Å². The van der Waals surface area contributed by atoms with E-state index in [0.717, 1.165) is 11.0 Å². The second-order valence-corrected chi connectivity index (χ2v) is 5.93. The molecule has 1 aromatic carbocycles. The van der Waals surface area contributed by atoms with Crippen molar-refractivity contribution in [1.82, 2.24) is 9.97 Å². The Kier molecular flexibility index (Phi) is 4.81. The van der Waals surface area contributed by atoms with Gasteiger partial charge in [0.05, 0.1) is 33.9 Å². The first kappa shape index (κ1) is 16.0. The molecule has 0 radical (unpaired) electrons. The van der Waals surface area contributed by atoms with Gasteiger partial charge in [-0.1, -0.05) is 39.8 Å². The lowest BCUT2D eigenvalue weighted by Crippen LogP contribution is -2.00. The molecule has 0 saturated heterocycles. The second-order valence-electron chi connectivity index (χ2n) is 5.93. The van der Waals surface area contributed by atoms with Crippen molar-refractivity contribution < 1.29 is 10.2 Å². The molecular formula is C18H22N2O2. The average molecular weight is 298 g/mol. The van der Waals surface area contributed by atoms with E-state index in [-0.39, 0.29) is 23.4 Å². The SMILES string of the molecule is CC(C)/C(O)=C/c1nc2ccccc2nc1/C=C(/O)C(C)C. The van der Waals surface area contributed by atoms with Crippen molar-refractivity contribution in [3.8, 4) is 0 Å². The fourth-order valence-corrected chi connectivity index (χ4v) is 1.85. The van der Waals surface area contributed by atoms with Gasteiger partial charge in [0.2, 0.25) is 0 Å². The topological polar surface area (TPSA) is 66.2 Å². The van der Waals surface area contributed by atoms with Gasteiger partial charge in [0.15, 0.2) is 0 Å². The molecule has 22 heavy (non-hydrogen) atoms. The third kappa shape index (κ3) is 3.64. The molecule has 2 rings (SSSR count). The minimum absolute atomic E-state index is 0.00351. The first-order valence-electron chi connectivity index (χ1n) is 7.46. The van der Waals surface area contributed by atoms with Gasteiger partial charge in [-0.05, 0) is 12.1 Å². The molecule has 4 heteroatoms. The summed E-state index contributed by atoms with van der Waals surface area (Å²) in [6, 6.07) is 7.55. The summed E-state index contributed by atoms with van der Waals surface area (Å²) in [5, 5.41) is 20.1. The number of allylic oxidation sites excluding steroid dienone is 2. The number of aliphatic hydroxyl groups excluding tert-OH is 2. The molecule has 2 aromatic rings. The molecule has 0 amide bonds. The van der Waals surface area contributed by atoms with Crippen molar-refractivity contribution >= 4 is 23.2 Å². The number of para-hydroxylation sites is 2. The molecule has 4 nitrogen and oxygen atoms in total. The van der Waals surface area contributed by atoms with Gasteiger partial charge in [0, 0.05) is 24.0 Å². The second kappa shape index (κ2) is 6.60. The molecule has 0 aliphatic heterocycles. The van der Waals surface area contributed by atoms with Gasteiger partial charge in [0.25, 0.3) is 0 Å². The normalized spacial score (nSPS) is 13.4. The monoisotopic (exact) mass is 298 g/mol. The van der Waals surface area contributed by atoms with Crippen LogP contribution < -0.4 is 0 Å². The number of rotatable bonds is 4. The van der Waals surface area contributed by atoms with Crippen LogP contribution in [0.3, 0.4) is 0 Å². The van der Waals surface area contributed by atoms with Gasteiger partial charge in [-0.15, -0.1) is 0 Å². The predicted molar refractivity (Wildman–Crippen MR) is 90.4 cm³/mol. The molecule has 2 N–H and O–H groups in total. The fraction of sp³-hybridized carbons (Fsp3) is 0.333. The van der Waals surface area contributed by atoms with E-state index in [2.05, 4.69) is 9.97 Å². The minimum Gasteiger partial charge on any atom is -0.512 e. The molecule has 0 aliphatic rings. The summed E-state index contributed by atoms with van der Waals surface area (Å²) in [5.41, 5.74) is 2.62. The summed E-state index contributed by atoms with van der Waals surface area (Å²) < 4.78 is 0. The van der Waals surface area contributed by atoms with E-state index >= 15 is 0 Å². The Bertz CT molecular complexity index is 668. The van der Waals surface area contributed by atoms with E-state index in [4.69, 9.17) is 0 Å². The third-order valence-electron chi connectivity index (χ3n) is 3.38. The van der Waals surface area contributed by atoms with E-state index in [9.17, 15) is 10.2 Å². The molecule has 0 atom stereocenters. The Hall–Kier alpha value is -2.36. The van der Waals surface area contributed by atoms with Gasteiger partial charge in [-0.3, -0.25) is 0 Å². The smallest absolute Gasteiger partial charge is 0.0970 e. The van der Waals surface area contributed by atoms with Crippen LogP contribution in [0.5, 0.6) is 0 Å². The summed E-state index contributed by atoms with van der Waals surface area (Å²) >= 11 is 0. The maximum atomic E-state index is 10.0. The molecular weight excluding hydrogens is 276 g/mol. The largest absolute Gasteiger partial charge is 0.512 e. The zero-order valence-corrected chi connectivity index (χ0v) is 13.4. The zero-order chi connectivity index (χ0) is 16.3. The molecule has 0 spiro atoms. The van der Waals surface area contributed by atoms with Crippen LogP contribution in [0.1, 0.15) is 39.1 Å². The highest BCUT2D eigenvalue weighted by molar-refractivity contribution is 5.78. The molecule has 0 saturated carbocycles. The standard InChI is InChI=1S/C18H22N2O2/c1-11(2)17(21)9-15-16(10-18(22)12(3)4)20-14-8-6-5-7-13(14)19-15/h5-12,21-22H,1-4H3/b17-9-,18-10+. The summed E-state index contributed by atoms with van der Waals surface area (Å²) in [4.78, 5) is 9.11. The van der Waals surface area contributed by atoms with E-state index in [1.807, 2.05) is 52.0 Å². The average Bonchev–Trinajstić information content (AvgIpc) is 2.47. The molecule has 0 unspecified atom stereocenters. The molecule has 116 valence electrons. The Labute approximate surface area is 130 Å². The van der Waals surface area contributed by atoms with Crippen molar-refractivity contribution in [2.75, 3.05) is 0 Å². The number of nitrogens with zero attached hydrogens (tertiary/aromatic N) is 2. The van der Waals surface area contributed by atoms with Crippen LogP contribution in [0, 0.1) is 11.8 Å². The lowest BCUT2D eigenvalue weighted by molar-refractivity contribution is 0.356. The maximum Gasteiger partial charge on any atom is 0.0970 e. The molecule has 0 fully saturated rings. The van der Waals surface area contributed by atoms with Gasteiger partial charge in [0.1, 0.15) is 0 Å². The predicted octanol–water partition coefficient (Wildman–Crippen LogP) is 4.74. The van der Waals surface area contributed by atoms with E-state index in [1.54, 1.807) is 12.2 Å². The lowest BCUT2D eigenvalue weighted by Gasteiger charge is -2.08. The molecule has 1 aromatic heterocycles. The van der Waals surface area contributed by atoms with Crippen LogP contribution in [0.15, 0.2) is 35.8 Å². The number of hydrogen-bond acceptors (Lipinski definition) is 4. The third-order valence-corrected chi connectivity index (χ3v) is 3.38. The number of aromatic nitrogens is 2. The number of fused-ring (bicyclic) bond motifs is 1. The zero-order valence-electron chi connectivity index (χ0n) is 13.4. The molecule has 0 bridgehead atoms. The first-order valence-corrected chi connectivity index (χ1v) is 7.46. The van der Waals surface area contributed by atoms with Crippen LogP contribution >= 0.6 is 0 Å². The van der Waals surface area contributed by atoms with Crippen molar-refractivity contribution in [2.24, 2.45) is 11.8 Å². The van der Waals surface area contributed by atoms with Crippen LogP contribution in [0.2, 0.25) is 0 Å². The van der Waals surface area contributed by atoms with Crippen molar-refractivity contribution in [3.63, 3.8) is 0 Å². The molecule has 1 heterocycles. The first-order chi connectivity index (χ1) is 10.4. The quantitative estimate of drug-likeness (QED) is 0.800. The Morgan fingerprint density at radius 1 is 0.818 bits per heavy atom. The highest BCUT2D eigenvalue weighted by Crippen LogP contribution is 2.20. The van der Waals surface area contributed by atoms with Crippen LogP contribution in [0.25, 0.3) is 23.2 Å². The fourth-order valence-electron chi connectivity index (χ4n) is 1.85. The van der Waals surface area contributed by atoms with Gasteiger partial charge in [-0.25, -0.2) is 9.97 Å². The minimum atomic E-state index is 0.00351. The van der Waals surface area contributed by atoms with E-state index in [1.165, 1.54) is 0 Å². The Morgan fingerprint density at radius 2 is 1.18 bits per heavy atom. The van der Waals surface area contributed by atoms with Gasteiger partial charge in [-0.2, -0.15) is 0 Å². The van der Waals surface area contributed by atoms with Crippen molar-refractivity contribution in [1.29, 1.82) is 0 Å². The van der Waals surface area contributed by atoms with Gasteiger partial charge < -0.3 is 10.2 Å². The highest BCUT2D eigenvalue weighted by atomic mass is 16.3. The van der Waals surface area contributed by atoms with Gasteiger partial charge >= 0.3 is 0 Å². The summed E-state index contributed by atoms with van der Waals surface area (Å²) in [6.07, 6.45) is 3.23. The van der Waals surface area contributed by atoms with E-state index in [0.29, 0.717) is 11.4 Å². The summed E-state index contributed by atoms with van der Waals surface area (Å²) in [5.74, 6) is 0.485. The van der Waals surface area contributed by atoms with Crippen LogP contribution in [-0.2, 0) is 0 Å². The highest BCUT2D eigenvalue weighted by Gasteiger charge is 2.10. The summed E-state index contributed by atoms with van der Waals surface area (Å²) in [6.45, 7) is 7.62. The van der Waals surface area contributed by atoms with Crippen LogP contribution in [0.4, 0.5) is 0 Å². The molecule has 0 aliphatic carbocycles. The maximum absolute atomic E-state index is 10.0. The Morgan fingerprint density at radius 3 is 1.50 bits per heavy atom.